The number of fused-ring (bicyclic) bond motifs is 1. The lowest BCUT2D eigenvalue weighted by atomic mass is 10.1. The summed E-state index contributed by atoms with van der Waals surface area (Å²) in [6.45, 7) is 3.51. The molecule has 9 heteroatoms. The van der Waals surface area contributed by atoms with Crippen LogP contribution in [0.2, 0.25) is 0 Å². The Morgan fingerprint density at radius 2 is 2.12 bits per heavy atom. The Hall–Kier alpha value is -2.97. The van der Waals surface area contributed by atoms with Gasteiger partial charge < -0.3 is 10.2 Å². The van der Waals surface area contributed by atoms with Crippen LogP contribution in [-0.4, -0.2) is 54.6 Å². The topological polar surface area (TPSA) is 93.2 Å². The number of hydrogen-bond acceptors (Lipinski definition) is 6. The summed E-state index contributed by atoms with van der Waals surface area (Å²) in [5.74, 6) is 1.49. The molecule has 1 unspecified atom stereocenters. The highest BCUT2D eigenvalue weighted by atomic mass is 16.2. The van der Waals surface area contributed by atoms with E-state index in [1.165, 1.54) is 0 Å². The van der Waals surface area contributed by atoms with Crippen molar-refractivity contribution >= 4 is 17.4 Å². The van der Waals surface area contributed by atoms with Crippen LogP contribution in [0.4, 0.5) is 5.82 Å². The second kappa shape index (κ2) is 6.15. The van der Waals surface area contributed by atoms with E-state index in [-0.39, 0.29) is 11.9 Å². The molecule has 1 amide bonds. The standard InChI is InChI=1S/C16H20N8O/c1-11-18-19-14-5-6-15(21-24(11)14)23-8-3-4-12(10-23)17-16(25)13-7-9-22(2)20-13/h5-7,9,12H,3-4,8,10H2,1-2H3,(H,17,25). The Morgan fingerprint density at radius 3 is 2.92 bits per heavy atom. The summed E-state index contributed by atoms with van der Waals surface area (Å²) in [4.78, 5) is 14.5. The number of aromatic nitrogens is 6. The van der Waals surface area contributed by atoms with Crippen molar-refractivity contribution in [3.8, 4) is 0 Å². The molecule has 0 radical (unpaired) electrons. The fraction of sp³-hybridized carbons (Fsp3) is 0.438. The zero-order valence-corrected chi connectivity index (χ0v) is 14.3. The maximum atomic E-state index is 12.3. The Bertz CT molecular complexity index is 914. The van der Waals surface area contributed by atoms with Gasteiger partial charge in [-0.1, -0.05) is 0 Å². The van der Waals surface area contributed by atoms with Crippen molar-refractivity contribution in [2.75, 3.05) is 18.0 Å². The van der Waals surface area contributed by atoms with Gasteiger partial charge in [0.15, 0.2) is 11.5 Å². The van der Waals surface area contributed by atoms with Crippen molar-refractivity contribution in [1.82, 2.24) is 34.9 Å². The molecular formula is C16H20N8O. The van der Waals surface area contributed by atoms with Crippen LogP contribution in [0.3, 0.4) is 0 Å². The van der Waals surface area contributed by atoms with E-state index in [4.69, 9.17) is 0 Å². The Balaban J connectivity index is 1.48. The van der Waals surface area contributed by atoms with Crippen LogP contribution in [0.1, 0.15) is 29.2 Å². The van der Waals surface area contributed by atoms with Crippen LogP contribution >= 0.6 is 0 Å². The number of carbonyl (C=O) groups excluding carboxylic acids is 1. The van der Waals surface area contributed by atoms with Gasteiger partial charge in [-0.25, -0.2) is 0 Å². The predicted molar refractivity (Wildman–Crippen MR) is 91.4 cm³/mol. The van der Waals surface area contributed by atoms with Crippen LogP contribution in [0.25, 0.3) is 5.65 Å². The Kier molecular flexibility index (Phi) is 3.83. The van der Waals surface area contributed by atoms with Gasteiger partial charge in [0, 0.05) is 32.4 Å². The van der Waals surface area contributed by atoms with Gasteiger partial charge >= 0.3 is 0 Å². The predicted octanol–water partition coefficient (Wildman–Crippen LogP) is 0.565. The van der Waals surface area contributed by atoms with Gasteiger partial charge in [-0.3, -0.25) is 9.48 Å². The van der Waals surface area contributed by atoms with Crippen molar-refractivity contribution in [2.45, 2.75) is 25.8 Å². The second-order valence-corrected chi connectivity index (χ2v) is 6.34. The molecule has 1 fully saturated rings. The van der Waals surface area contributed by atoms with Crippen LogP contribution in [0.5, 0.6) is 0 Å². The highest BCUT2D eigenvalue weighted by molar-refractivity contribution is 5.92. The normalized spacial score (nSPS) is 17.8. The summed E-state index contributed by atoms with van der Waals surface area (Å²) in [5.41, 5.74) is 1.18. The lowest BCUT2D eigenvalue weighted by molar-refractivity contribution is 0.0927. The minimum Gasteiger partial charge on any atom is -0.353 e. The third-order valence-electron chi connectivity index (χ3n) is 4.43. The van der Waals surface area contributed by atoms with Gasteiger partial charge in [0.05, 0.1) is 0 Å². The number of nitrogens with zero attached hydrogens (tertiary/aromatic N) is 7. The van der Waals surface area contributed by atoms with E-state index in [1.807, 2.05) is 19.1 Å². The van der Waals surface area contributed by atoms with Crippen LogP contribution < -0.4 is 10.2 Å². The third-order valence-corrected chi connectivity index (χ3v) is 4.43. The first-order chi connectivity index (χ1) is 12.1. The smallest absolute Gasteiger partial charge is 0.272 e. The number of hydrogen-bond donors (Lipinski definition) is 1. The Labute approximate surface area is 144 Å². The van der Waals surface area contributed by atoms with Gasteiger partial charge in [0.2, 0.25) is 0 Å². The average Bonchev–Trinajstić information content (AvgIpc) is 3.21. The molecule has 1 N–H and O–H groups in total. The summed E-state index contributed by atoms with van der Waals surface area (Å²) in [7, 11) is 1.80. The van der Waals surface area contributed by atoms with Crippen molar-refractivity contribution < 1.29 is 4.79 Å². The molecule has 3 aromatic heterocycles. The van der Waals surface area contributed by atoms with Gasteiger partial charge in [-0.05, 0) is 38.0 Å². The molecule has 0 bridgehead atoms. The average molecular weight is 340 g/mol. The molecule has 4 rings (SSSR count). The van der Waals surface area contributed by atoms with E-state index >= 15 is 0 Å². The molecule has 1 aliphatic rings. The largest absolute Gasteiger partial charge is 0.353 e. The molecule has 4 heterocycles. The molecule has 1 aliphatic heterocycles. The number of anilines is 1. The molecule has 0 aliphatic carbocycles. The molecule has 0 saturated carbocycles. The van der Waals surface area contributed by atoms with E-state index < -0.39 is 0 Å². The summed E-state index contributed by atoms with van der Waals surface area (Å²) >= 11 is 0. The van der Waals surface area contributed by atoms with E-state index in [0.29, 0.717) is 5.69 Å². The molecule has 1 atom stereocenters. The van der Waals surface area contributed by atoms with E-state index in [9.17, 15) is 4.79 Å². The van der Waals surface area contributed by atoms with Crippen LogP contribution in [-0.2, 0) is 7.05 Å². The fourth-order valence-corrected chi connectivity index (χ4v) is 3.15. The minimum absolute atomic E-state index is 0.0720. The number of rotatable bonds is 3. The zero-order valence-electron chi connectivity index (χ0n) is 14.3. The molecule has 1 saturated heterocycles. The van der Waals surface area contributed by atoms with E-state index in [0.717, 1.165) is 43.2 Å². The van der Waals surface area contributed by atoms with Crippen molar-refractivity contribution in [1.29, 1.82) is 0 Å². The number of piperidine rings is 1. The summed E-state index contributed by atoms with van der Waals surface area (Å²) < 4.78 is 3.37. The zero-order chi connectivity index (χ0) is 17.4. The summed E-state index contributed by atoms with van der Waals surface area (Å²) in [6, 6.07) is 5.66. The van der Waals surface area contributed by atoms with Gasteiger partial charge in [0.25, 0.3) is 5.91 Å². The quantitative estimate of drug-likeness (QED) is 0.749. The first-order valence-electron chi connectivity index (χ1n) is 8.35. The maximum absolute atomic E-state index is 12.3. The number of carbonyl (C=O) groups is 1. The third kappa shape index (κ3) is 3.04. The van der Waals surface area contributed by atoms with Gasteiger partial charge in [0.1, 0.15) is 11.5 Å². The van der Waals surface area contributed by atoms with Gasteiger partial charge in [-0.15, -0.1) is 15.3 Å². The van der Waals surface area contributed by atoms with Crippen molar-refractivity contribution in [3.05, 3.63) is 35.9 Å². The highest BCUT2D eigenvalue weighted by Crippen LogP contribution is 2.18. The van der Waals surface area contributed by atoms with E-state index in [1.54, 1.807) is 28.5 Å². The second-order valence-electron chi connectivity index (χ2n) is 6.34. The molecule has 0 aromatic carbocycles. The Morgan fingerprint density at radius 1 is 1.24 bits per heavy atom. The number of aryl methyl sites for hydroxylation is 2. The first-order valence-corrected chi connectivity index (χ1v) is 8.35. The SMILES string of the molecule is Cc1nnc2ccc(N3CCCC(NC(=O)c4ccn(C)n4)C3)nn12. The first kappa shape index (κ1) is 15.6. The molecule has 25 heavy (non-hydrogen) atoms. The summed E-state index contributed by atoms with van der Waals surface area (Å²) in [6.07, 6.45) is 3.71. The lowest BCUT2D eigenvalue weighted by Crippen LogP contribution is -2.48. The number of amides is 1. The maximum Gasteiger partial charge on any atom is 0.272 e. The monoisotopic (exact) mass is 340 g/mol. The number of nitrogens with one attached hydrogen (secondary N) is 1. The minimum atomic E-state index is -0.134. The molecule has 9 nitrogen and oxygen atoms in total. The van der Waals surface area contributed by atoms with Crippen LogP contribution in [0, 0.1) is 6.92 Å². The van der Waals surface area contributed by atoms with E-state index in [2.05, 4.69) is 30.6 Å². The lowest BCUT2D eigenvalue weighted by Gasteiger charge is -2.33. The highest BCUT2D eigenvalue weighted by Gasteiger charge is 2.24. The van der Waals surface area contributed by atoms with Crippen molar-refractivity contribution in [3.63, 3.8) is 0 Å². The molecule has 0 spiro atoms. The molecule has 3 aromatic rings. The van der Waals surface area contributed by atoms with Gasteiger partial charge in [-0.2, -0.15) is 9.61 Å². The molecular weight excluding hydrogens is 320 g/mol. The molecule has 130 valence electrons. The van der Waals surface area contributed by atoms with Crippen LogP contribution in [0.15, 0.2) is 24.4 Å². The van der Waals surface area contributed by atoms with Crippen molar-refractivity contribution in [2.24, 2.45) is 7.05 Å². The summed E-state index contributed by atoms with van der Waals surface area (Å²) in [5, 5.41) is 19.9. The fourth-order valence-electron chi connectivity index (χ4n) is 3.15.